The molecule has 2 bridgehead atoms. The number of phenolic OH excluding ortho intramolecular Hbond substituents is 1. The number of hydrogen-bond acceptors (Lipinski definition) is 13. The fourth-order valence-corrected chi connectivity index (χ4v) is 12.0. The van der Waals surface area contributed by atoms with E-state index in [9.17, 15) is 19.5 Å². The van der Waals surface area contributed by atoms with Crippen molar-refractivity contribution >= 4 is 62.1 Å². The van der Waals surface area contributed by atoms with Gasteiger partial charge in [0.05, 0.1) is 34.6 Å². The number of anilines is 2. The fraction of sp³-hybridized carbons (Fsp3) is 0.442. The van der Waals surface area contributed by atoms with Crippen molar-refractivity contribution in [2.24, 2.45) is 7.05 Å². The second kappa shape index (κ2) is 17.5. The maximum atomic E-state index is 17.2. The van der Waals surface area contributed by atoms with Crippen LogP contribution in [0.15, 0.2) is 48.7 Å². The predicted octanol–water partition coefficient (Wildman–Crippen LogP) is 4.37. The van der Waals surface area contributed by atoms with Crippen LogP contribution in [0.2, 0.25) is 0 Å². The summed E-state index contributed by atoms with van der Waals surface area (Å²) in [6.07, 6.45) is 12.1. The number of amides is 3. The van der Waals surface area contributed by atoms with Gasteiger partial charge in [0.25, 0.3) is 0 Å². The van der Waals surface area contributed by atoms with Crippen molar-refractivity contribution in [2.75, 3.05) is 81.8 Å². The topological polar surface area (TPSA) is 168 Å². The number of rotatable bonds is 8. The van der Waals surface area contributed by atoms with Gasteiger partial charge in [-0.15, -0.1) is 6.42 Å². The van der Waals surface area contributed by atoms with E-state index >= 15 is 8.78 Å². The fourth-order valence-electron chi connectivity index (χ4n) is 12.0. The third-order valence-electron chi connectivity index (χ3n) is 15.8. The van der Waals surface area contributed by atoms with Crippen LogP contribution in [-0.4, -0.2) is 152 Å². The normalized spacial score (nSPS) is 22.8. The molecular formula is C52H54F2N12O4. The molecule has 6 aliphatic heterocycles. The molecule has 12 rings (SSSR count). The maximum Gasteiger partial charge on any atom is 0.236 e. The highest BCUT2D eigenvalue weighted by Gasteiger charge is 2.39. The summed E-state index contributed by atoms with van der Waals surface area (Å²) in [5.74, 6) is 1.55. The Kier molecular flexibility index (Phi) is 11.1. The minimum Gasteiger partial charge on any atom is -0.508 e. The first-order valence-electron chi connectivity index (χ1n) is 24.5. The number of nitrogens with one attached hydrogen (secondary N) is 2. The Balaban J connectivity index is 0.695. The molecule has 6 saturated heterocycles. The molecule has 3 atom stereocenters. The Bertz CT molecular complexity index is 3160. The van der Waals surface area contributed by atoms with E-state index < -0.39 is 17.6 Å². The van der Waals surface area contributed by atoms with Crippen LogP contribution >= 0.6 is 0 Å². The molecule has 9 heterocycles. The van der Waals surface area contributed by atoms with Crippen LogP contribution in [0.3, 0.4) is 0 Å². The summed E-state index contributed by atoms with van der Waals surface area (Å²) in [4.78, 5) is 63.6. The van der Waals surface area contributed by atoms with Crippen LogP contribution in [0, 0.1) is 24.0 Å². The minimum atomic E-state index is -0.701. The minimum absolute atomic E-state index is 0.0369. The molecule has 6 fully saturated rings. The van der Waals surface area contributed by atoms with Gasteiger partial charge in [0.1, 0.15) is 28.6 Å². The van der Waals surface area contributed by atoms with Crippen molar-refractivity contribution in [2.45, 2.75) is 68.5 Å². The van der Waals surface area contributed by atoms with E-state index in [0.29, 0.717) is 86.1 Å². The van der Waals surface area contributed by atoms with E-state index in [0.717, 1.165) is 81.5 Å². The molecule has 3 unspecified atom stereocenters. The zero-order valence-electron chi connectivity index (χ0n) is 39.0. The van der Waals surface area contributed by atoms with Gasteiger partial charge in [0.15, 0.2) is 5.82 Å². The van der Waals surface area contributed by atoms with Crippen LogP contribution in [0.4, 0.5) is 20.5 Å². The first-order valence-corrected chi connectivity index (χ1v) is 24.5. The van der Waals surface area contributed by atoms with Crippen molar-refractivity contribution in [3.8, 4) is 29.4 Å². The number of hydrogen-bond donors (Lipinski definition) is 3. The number of carbonyl (C=O) groups is 3. The van der Waals surface area contributed by atoms with Crippen LogP contribution in [-0.2, 0) is 21.4 Å². The highest BCUT2D eigenvalue weighted by Crippen LogP contribution is 2.40. The zero-order chi connectivity index (χ0) is 47.9. The van der Waals surface area contributed by atoms with Gasteiger partial charge in [0.2, 0.25) is 23.7 Å². The number of halogens is 2. The third kappa shape index (κ3) is 7.84. The number of nitrogens with zero attached hydrogens (tertiary/aromatic N) is 10. The van der Waals surface area contributed by atoms with Crippen molar-refractivity contribution < 1.29 is 28.3 Å². The number of phenols is 1. The molecule has 18 heteroatoms. The lowest BCUT2D eigenvalue weighted by atomic mass is 9.88. The molecule has 0 saturated carbocycles. The van der Waals surface area contributed by atoms with Crippen LogP contribution in [0.25, 0.3) is 43.8 Å². The first kappa shape index (κ1) is 44.4. The van der Waals surface area contributed by atoms with Crippen LogP contribution in [0.5, 0.6) is 5.75 Å². The molecule has 3 N–H and O–H groups in total. The number of imide groups is 1. The highest BCUT2D eigenvalue weighted by atomic mass is 19.1. The number of pyridine rings is 1. The van der Waals surface area contributed by atoms with Gasteiger partial charge in [-0.3, -0.25) is 39.2 Å². The number of carbonyl (C=O) groups excluding carboxylic acids is 3. The molecule has 3 aromatic carbocycles. The predicted molar refractivity (Wildman–Crippen MR) is 260 cm³/mol. The molecule has 16 nitrogen and oxygen atoms in total. The van der Waals surface area contributed by atoms with Crippen molar-refractivity contribution in [3.63, 3.8) is 0 Å². The Labute approximate surface area is 403 Å². The van der Waals surface area contributed by atoms with Crippen LogP contribution in [0.1, 0.15) is 67.2 Å². The molecule has 6 aliphatic rings. The summed E-state index contributed by atoms with van der Waals surface area (Å²) in [5.41, 5.74) is 3.07. The number of benzene rings is 3. The SMILES string of the molecule is C#Cc1c(F)ccc2cc(O)cc(-c3ncc4c(N5CC6CCC(C5)N6)nc(N5CC(N6CCN(C(=O)CN7CCC(c8ccc9c(C%10CCC(=O)NC%10=O)nn(C)c9c8)CC7)CC6)C5)nc4c3F)c12. The number of fused-ring (bicyclic) bond motifs is 5. The Morgan fingerprint density at radius 1 is 0.886 bits per heavy atom. The third-order valence-corrected chi connectivity index (χ3v) is 15.8. The summed E-state index contributed by atoms with van der Waals surface area (Å²) in [6, 6.07) is 12.8. The summed E-state index contributed by atoms with van der Waals surface area (Å²) in [5, 5.41) is 23.7. The maximum absolute atomic E-state index is 17.2. The molecule has 6 aromatic rings. The smallest absolute Gasteiger partial charge is 0.236 e. The van der Waals surface area contributed by atoms with Crippen molar-refractivity contribution in [3.05, 3.63) is 77.1 Å². The van der Waals surface area contributed by atoms with Crippen molar-refractivity contribution in [1.82, 2.24) is 50.1 Å². The molecule has 0 spiro atoms. The van der Waals surface area contributed by atoms with Crippen molar-refractivity contribution in [1.29, 1.82) is 0 Å². The number of aromatic hydroxyl groups is 1. The number of piperazine rings is 2. The first-order chi connectivity index (χ1) is 34.0. The number of terminal acetylenes is 1. The highest BCUT2D eigenvalue weighted by molar-refractivity contribution is 6.04. The molecule has 0 radical (unpaired) electrons. The summed E-state index contributed by atoms with van der Waals surface area (Å²) in [6.45, 7) is 7.60. The molecule has 70 heavy (non-hydrogen) atoms. The summed E-state index contributed by atoms with van der Waals surface area (Å²) < 4.78 is 34.0. The number of aromatic nitrogens is 5. The molecule has 0 aliphatic carbocycles. The lowest BCUT2D eigenvalue weighted by Gasteiger charge is -2.48. The van der Waals surface area contributed by atoms with Gasteiger partial charge in [0, 0.05) is 106 Å². The zero-order valence-corrected chi connectivity index (χ0v) is 39.0. The van der Waals surface area contributed by atoms with Gasteiger partial charge < -0.3 is 25.1 Å². The average Bonchev–Trinajstić information content (AvgIpc) is 3.86. The lowest BCUT2D eigenvalue weighted by Crippen LogP contribution is -2.64. The second-order valence-corrected chi connectivity index (χ2v) is 20.0. The standard InChI is InChI=1S/C52H54F2N12O4/c1-3-36-41(53)10-5-31-20-35(67)22-39(45(31)36)48-46(54)49-40(23-55-48)50(65-24-32-6-7-33(25-65)56-32)59-52(58-49)66-26-34(27-66)63-16-18-64(19-17-63)44(69)28-62-14-12-29(13-15-62)30-4-8-37-42(21-30)61(2)60-47(37)38-9-11-43(68)57-51(38)70/h1,4-5,8,10,20-23,29,32-34,38,56,67H,6-7,9,11-19,24-28H2,2H3,(H,57,68,70). The van der Waals surface area contributed by atoms with Crippen LogP contribution < -0.4 is 20.4 Å². The van der Waals surface area contributed by atoms with Gasteiger partial charge in [-0.1, -0.05) is 24.1 Å². The van der Waals surface area contributed by atoms with E-state index in [1.165, 1.54) is 29.8 Å². The average molecular weight is 949 g/mol. The van der Waals surface area contributed by atoms with Gasteiger partial charge in [-0.2, -0.15) is 10.1 Å². The van der Waals surface area contributed by atoms with E-state index in [2.05, 4.69) is 59.3 Å². The Morgan fingerprint density at radius 3 is 2.40 bits per heavy atom. The van der Waals surface area contributed by atoms with E-state index in [1.807, 2.05) is 16.6 Å². The number of likely N-dealkylation sites (tertiary alicyclic amines) is 1. The van der Waals surface area contributed by atoms with Gasteiger partial charge in [-0.25, -0.2) is 13.8 Å². The summed E-state index contributed by atoms with van der Waals surface area (Å²) >= 11 is 0. The van der Waals surface area contributed by atoms with Gasteiger partial charge >= 0.3 is 0 Å². The largest absolute Gasteiger partial charge is 0.508 e. The molecule has 3 amide bonds. The molecular weight excluding hydrogens is 895 g/mol. The Morgan fingerprint density at radius 2 is 1.66 bits per heavy atom. The summed E-state index contributed by atoms with van der Waals surface area (Å²) in [7, 11) is 1.89. The van der Waals surface area contributed by atoms with E-state index in [4.69, 9.17) is 21.5 Å². The van der Waals surface area contributed by atoms with Gasteiger partial charge in [-0.05, 0) is 86.3 Å². The lowest BCUT2D eigenvalue weighted by molar-refractivity contribution is -0.135. The second-order valence-electron chi connectivity index (χ2n) is 20.0. The van der Waals surface area contributed by atoms with E-state index in [-0.39, 0.29) is 57.2 Å². The van der Waals surface area contributed by atoms with E-state index in [1.54, 1.807) is 6.20 Å². The Hall–Kier alpha value is -6.81. The number of piperidine rings is 2. The molecule has 360 valence electrons. The quantitative estimate of drug-likeness (QED) is 0.146. The monoisotopic (exact) mass is 948 g/mol. The number of aryl methyl sites for hydroxylation is 1. The molecule has 3 aromatic heterocycles.